The molecule has 3 rings (SSSR count). The fourth-order valence-electron chi connectivity index (χ4n) is 4.26. The van der Waals surface area contributed by atoms with E-state index in [9.17, 15) is 14.7 Å². The van der Waals surface area contributed by atoms with Crippen LogP contribution in [0, 0.1) is 0 Å². The average molecular weight is 424 g/mol. The van der Waals surface area contributed by atoms with Gasteiger partial charge in [0.1, 0.15) is 11.5 Å². The number of aryl methyl sites for hydroxylation is 1. The van der Waals surface area contributed by atoms with Crippen LogP contribution in [0.3, 0.4) is 0 Å². The second-order valence-corrected chi connectivity index (χ2v) is 8.51. The van der Waals surface area contributed by atoms with Gasteiger partial charge in [0.2, 0.25) is 5.91 Å². The van der Waals surface area contributed by atoms with Gasteiger partial charge in [-0.15, -0.1) is 0 Å². The molecule has 166 valence electrons. The molecule has 5 heteroatoms. The van der Waals surface area contributed by atoms with Crippen LogP contribution < -0.4 is 5.32 Å². The molecule has 2 atom stereocenters. The van der Waals surface area contributed by atoms with Crippen molar-refractivity contribution in [1.82, 2.24) is 5.32 Å². The van der Waals surface area contributed by atoms with E-state index in [1.165, 1.54) is 6.92 Å². The van der Waals surface area contributed by atoms with Crippen molar-refractivity contribution in [3.05, 3.63) is 64.7 Å². The molecule has 0 saturated heterocycles. The van der Waals surface area contributed by atoms with Crippen molar-refractivity contribution in [3.63, 3.8) is 0 Å². The quantitative estimate of drug-likeness (QED) is 0.560. The van der Waals surface area contributed by atoms with Crippen LogP contribution in [0.15, 0.2) is 42.5 Å². The molecule has 2 aromatic rings. The van der Waals surface area contributed by atoms with Crippen LogP contribution >= 0.6 is 0 Å². The van der Waals surface area contributed by atoms with Gasteiger partial charge in [0, 0.05) is 37.4 Å². The molecule has 31 heavy (non-hydrogen) atoms. The molecule has 0 heterocycles. The molecule has 5 nitrogen and oxygen atoms in total. The second-order valence-electron chi connectivity index (χ2n) is 8.51. The Morgan fingerprint density at radius 3 is 2.71 bits per heavy atom. The number of hydrogen-bond acceptors (Lipinski definition) is 4. The summed E-state index contributed by atoms with van der Waals surface area (Å²) in [5.41, 5.74) is 3.95. The standard InChI is InChI=1S/C26H33NO4/c1-18(31-17-20-6-4-3-5-7-20)8-13-24(29)16-23-12-11-21-9-10-22(25(21)26(23)30)14-15-27-19(2)28/h3-7,11-12,18,22,30H,8-10,13-17H2,1-2H3,(H,27,28). The highest BCUT2D eigenvalue weighted by Gasteiger charge is 2.27. The summed E-state index contributed by atoms with van der Waals surface area (Å²) in [6, 6.07) is 13.9. The van der Waals surface area contributed by atoms with Gasteiger partial charge in [-0.2, -0.15) is 0 Å². The van der Waals surface area contributed by atoms with Gasteiger partial charge in [0.25, 0.3) is 0 Å². The summed E-state index contributed by atoms with van der Waals surface area (Å²) in [5, 5.41) is 13.7. The third kappa shape index (κ3) is 6.66. The lowest BCUT2D eigenvalue weighted by molar-refractivity contribution is -0.119. The molecule has 0 spiro atoms. The second kappa shape index (κ2) is 11.1. The topological polar surface area (TPSA) is 75.6 Å². The molecule has 2 unspecified atom stereocenters. The maximum Gasteiger partial charge on any atom is 0.216 e. The molecular formula is C26H33NO4. The predicted octanol–water partition coefficient (Wildman–Crippen LogP) is 4.45. The third-order valence-corrected chi connectivity index (χ3v) is 6.02. The Kier molecular flexibility index (Phi) is 8.24. The molecule has 0 aliphatic heterocycles. The summed E-state index contributed by atoms with van der Waals surface area (Å²) in [7, 11) is 0. The summed E-state index contributed by atoms with van der Waals surface area (Å²) in [6.07, 6.45) is 4.02. The Morgan fingerprint density at radius 2 is 1.97 bits per heavy atom. The smallest absolute Gasteiger partial charge is 0.216 e. The van der Waals surface area contributed by atoms with Crippen molar-refractivity contribution in [2.24, 2.45) is 0 Å². The number of phenolic OH excluding ortho intramolecular Hbond substituents is 1. The number of amides is 1. The number of phenols is 1. The van der Waals surface area contributed by atoms with Crippen LogP contribution in [-0.4, -0.2) is 29.4 Å². The van der Waals surface area contributed by atoms with Gasteiger partial charge < -0.3 is 15.2 Å². The first kappa shape index (κ1) is 23.0. The van der Waals surface area contributed by atoms with E-state index in [1.54, 1.807) is 0 Å². The van der Waals surface area contributed by atoms with E-state index in [2.05, 4.69) is 5.32 Å². The average Bonchev–Trinajstić information content (AvgIpc) is 3.17. The summed E-state index contributed by atoms with van der Waals surface area (Å²) < 4.78 is 5.85. The van der Waals surface area contributed by atoms with E-state index in [1.807, 2.05) is 49.4 Å². The normalized spacial score (nSPS) is 16.0. The van der Waals surface area contributed by atoms with E-state index < -0.39 is 0 Å². The molecule has 2 aromatic carbocycles. The highest BCUT2D eigenvalue weighted by Crippen LogP contribution is 2.42. The first-order valence-corrected chi connectivity index (χ1v) is 11.2. The van der Waals surface area contributed by atoms with E-state index in [-0.39, 0.29) is 35.9 Å². The Bertz CT molecular complexity index is 894. The fourth-order valence-corrected chi connectivity index (χ4v) is 4.26. The van der Waals surface area contributed by atoms with Crippen LogP contribution in [0.4, 0.5) is 0 Å². The van der Waals surface area contributed by atoms with Gasteiger partial charge in [-0.05, 0) is 49.7 Å². The van der Waals surface area contributed by atoms with Crippen molar-refractivity contribution in [1.29, 1.82) is 0 Å². The molecule has 0 radical (unpaired) electrons. The van der Waals surface area contributed by atoms with Crippen molar-refractivity contribution in [2.45, 2.75) is 71.0 Å². The number of carbonyl (C=O) groups is 2. The monoisotopic (exact) mass is 423 g/mol. The van der Waals surface area contributed by atoms with Crippen molar-refractivity contribution >= 4 is 11.7 Å². The molecule has 0 fully saturated rings. The van der Waals surface area contributed by atoms with E-state index >= 15 is 0 Å². The van der Waals surface area contributed by atoms with Gasteiger partial charge in [-0.25, -0.2) is 0 Å². The minimum Gasteiger partial charge on any atom is -0.507 e. The molecule has 0 aromatic heterocycles. The number of fused-ring (bicyclic) bond motifs is 1. The molecule has 1 aliphatic rings. The molecule has 0 saturated carbocycles. The Hall–Kier alpha value is -2.66. The van der Waals surface area contributed by atoms with E-state index in [4.69, 9.17) is 4.74 Å². The number of ketones is 1. The highest BCUT2D eigenvalue weighted by molar-refractivity contribution is 5.81. The number of Topliss-reactive ketones (excluding diaryl/α,β-unsaturated/α-hetero) is 1. The largest absolute Gasteiger partial charge is 0.507 e. The van der Waals surface area contributed by atoms with E-state index in [0.717, 1.165) is 36.0 Å². The minimum absolute atomic E-state index is 0.00377. The Morgan fingerprint density at radius 1 is 1.19 bits per heavy atom. The predicted molar refractivity (Wildman–Crippen MR) is 121 cm³/mol. The zero-order valence-electron chi connectivity index (χ0n) is 18.5. The maximum absolute atomic E-state index is 12.6. The molecule has 1 aliphatic carbocycles. The third-order valence-electron chi connectivity index (χ3n) is 6.02. The number of carbonyl (C=O) groups excluding carboxylic acids is 2. The molecular weight excluding hydrogens is 390 g/mol. The summed E-state index contributed by atoms with van der Waals surface area (Å²) in [6.45, 7) is 4.64. The zero-order valence-corrected chi connectivity index (χ0v) is 18.5. The first-order chi connectivity index (χ1) is 14.9. The summed E-state index contributed by atoms with van der Waals surface area (Å²) in [5.74, 6) is 0.565. The van der Waals surface area contributed by atoms with Gasteiger partial charge in [-0.1, -0.05) is 42.5 Å². The maximum atomic E-state index is 12.6. The van der Waals surface area contributed by atoms with Gasteiger partial charge in [0.05, 0.1) is 12.7 Å². The van der Waals surface area contributed by atoms with Gasteiger partial charge in [0.15, 0.2) is 0 Å². The highest BCUT2D eigenvalue weighted by atomic mass is 16.5. The van der Waals surface area contributed by atoms with Gasteiger partial charge >= 0.3 is 0 Å². The lowest BCUT2D eigenvalue weighted by Gasteiger charge is -2.16. The number of nitrogens with one attached hydrogen (secondary N) is 1. The van der Waals surface area contributed by atoms with Crippen molar-refractivity contribution in [2.75, 3.05) is 6.54 Å². The Balaban J connectivity index is 1.50. The zero-order chi connectivity index (χ0) is 22.2. The first-order valence-electron chi connectivity index (χ1n) is 11.2. The van der Waals surface area contributed by atoms with Gasteiger partial charge in [-0.3, -0.25) is 9.59 Å². The summed E-state index contributed by atoms with van der Waals surface area (Å²) in [4.78, 5) is 23.7. The number of hydrogen-bond donors (Lipinski definition) is 2. The summed E-state index contributed by atoms with van der Waals surface area (Å²) >= 11 is 0. The number of rotatable bonds is 11. The van der Waals surface area contributed by atoms with Crippen molar-refractivity contribution in [3.8, 4) is 5.75 Å². The molecule has 1 amide bonds. The Labute approximate surface area is 184 Å². The van der Waals surface area contributed by atoms with Crippen LogP contribution in [0.1, 0.15) is 67.7 Å². The number of ether oxygens (including phenoxy) is 1. The molecule has 2 N–H and O–H groups in total. The molecule has 0 bridgehead atoms. The lowest BCUT2D eigenvalue weighted by atomic mass is 9.93. The number of aromatic hydroxyl groups is 1. The number of benzene rings is 2. The van der Waals surface area contributed by atoms with Crippen LogP contribution in [0.2, 0.25) is 0 Å². The fraction of sp³-hybridized carbons (Fsp3) is 0.462. The SMILES string of the molecule is CC(=O)NCCC1CCc2ccc(CC(=O)CCC(C)OCc3ccccc3)c(O)c21. The minimum atomic E-state index is -0.0382. The van der Waals surface area contributed by atoms with Crippen molar-refractivity contribution < 1.29 is 19.4 Å². The lowest BCUT2D eigenvalue weighted by Crippen LogP contribution is -2.22. The van der Waals surface area contributed by atoms with E-state index in [0.29, 0.717) is 31.6 Å². The van der Waals surface area contributed by atoms with Crippen LogP contribution in [0.25, 0.3) is 0 Å². The van der Waals surface area contributed by atoms with Crippen LogP contribution in [0.5, 0.6) is 5.75 Å². The van der Waals surface area contributed by atoms with Crippen LogP contribution in [-0.2, 0) is 33.8 Å².